The topological polar surface area (TPSA) is 67.8 Å². The van der Waals surface area contributed by atoms with Crippen LogP contribution in [0.3, 0.4) is 0 Å². The molecule has 0 radical (unpaired) electrons. The number of nitrogens with zero attached hydrogens (tertiary/aromatic N) is 3. The maximum Gasteiger partial charge on any atom is 0.434 e. The van der Waals surface area contributed by atoms with E-state index in [1.807, 2.05) is 0 Å². The van der Waals surface area contributed by atoms with Crippen molar-refractivity contribution in [2.75, 3.05) is 5.32 Å². The van der Waals surface area contributed by atoms with Gasteiger partial charge in [0.2, 0.25) is 5.13 Å². The largest absolute Gasteiger partial charge is 0.434 e. The first-order valence-corrected chi connectivity index (χ1v) is 7.93. The van der Waals surface area contributed by atoms with E-state index < -0.39 is 23.3 Å². The molecule has 0 aliphatic heterocycles. The standard InChI is InChI=1S/C15H8ClF3N4OS/c16-10-6-2-1-4-8(10)12-21-14(25-23-12)22-13(24)9-5-3-7-20-11(9)15(17,18)19/h1-7H,(H,21,22,23,24). The molecule has 1 aromatic carbocycles. The molecule has 0 atom stereocenters. The van der Waals surface area contributed by atoms with Crippen molar-refractivity contribution >= 4 is 34.2 Å². The number of carbonyl (C=O) groups excluding carboxylic acids is 1. The second-order valence-corrected chi connectivity index (χ2v) is 5.91. The first-order chi connectivity index (χ1) is 11.9. The third-order valence-corrected chi connectivity index (χ3v) is 4.04. The summed E-state index contributed by atoms with van der Waals surface area (Å²) in [6.45, 7) is 0. The summed E-state index contributed by atoms with van der Waals surface area (Å²) in [6.07, 6.45) is -3.77. The maximum atomic E-state index is 12.9. The summed E-state index contributed by atoms with van der Waals surface area (Å²) < 4.78 is 42.9. The van der Waals surface area contributed by atoms with Gasteiger partial charge in [0.05, 0.1) is 10.6 Å². The number of pyridine rings is 1. The van der Waals surface area contributed by atoms with Crippen LogP contribution in [0, 0.1) is 0 Å². The Hall–Kier alpha value is -2.52. The summed E-state index contributed by atoms with van der Waals surface area (Å²) in [4.78, 5) is 19.5. The molecule has 0 unspecified atom stereocenters. The van der Waals surface area contributed by atoms with Crippen molar-refractivity contribution < 1.29 is 18.0 Å². The van der Waals surface area contributed by atoms with Gasteiger partial charge < -0.3 is 0 Å². The predicted molar refractivity (Wildman–Crippen MR) is 87.5 cm³/mol. The number of halogens is 4. The summed E-state index contributed by atoms with van der Waals surface area (Å²) in [6, 6.07) is 9.12. The molecule has 0 bridgehead atoms. The van der Waals surface area contributed by atoms with Crippen LogP contribution in [0.5, 0.6) is 0 Å². The molecule has 5 nitrogen and oxygen atoms in total. The molecule has 10 heteroatoms. The quantitative estimate of drug-likeness (QED) is 0.720. The molecule has 0 saturated carbocycles. The van der Waals surface area contributed by atoms with Crippen molar-refractivity contribution in [3.8, 4) is 11.4 Å². The molecule has 25 heavy (non-hydrogen) atoms. The van der Waals surface area contributed by atoms with Crippen LogP contribution in [0.25, 0.3) is 11.4 Å². The highest BCUT2D eigenvalue weighted by Gasteiger charge is 2.37. The highest BCUT2D eigenvalue weighted by molar-refractivity contribution is 7.10. The van der Waals surface area contributed by atoms with Gasteiger partial charge in [-0.25, -0.2) is 0 Å². The van der Waals surface area contributed by atoms with Crippen LogP contribution in [0.1, 0.15) is 16.1 Å². The minimum absolute atomic E-state index is 0.0527. The van der Waals surface area contributed by atoms with Gasteiger partial charge in [0.1, 0.15) is 0 Å². The number of hydrogen-bond acceptors (Lipinski definition) is 5. The van der Waals surface area contributed by atoms with Crippen molar-refractivity contribution in [2.45, 2.75) is 6.18 Å². The average molecular weight is 385 g/mol. The lowest BCUT2D eigenvalue weighted by molar-refractivity contribution is -0.141. The Labute approximate surface area is 148 Å². The number of anilines is 1. The van der Waals surface area contributed by atoms with E-state index in [9.17, 15) is 18.0 Å². The summed E-state index contributed by atoms with van der Waals surface area (Å²) >= 11 is 6.88. The van der Waals surface area contributed by atoms with Gasteiger partial charge in [-0.2, -0.15) is 22.5 Å². The Morgan fingerprint density at radius 3 is 2.64 bits per heavy atom. The molecule has 3 rings (SSSR count). The predicted octanol–water partition coefficient (Wildman–Crippen LogP) is 4.52. The lowest BCUT2D eigenvalue weighted by Crippen LogP contribution is -2.20. The molecule has 0 fully saturated rings. The third-order valence-electron chi connectivity index (χ3n) is 3.08. The molecule has 1 amide bonds. The van der Waals surface area contributed by atoms with Crippen molar-refractivity contribution in [2.24, 2.45) is 0 Å². The van der Waals surface area contributed by atoms with Gasteiger partial charge in [-0.1, -0.05) is 23.7 Å². The number of hydrogen-bond donors (Lipinski definition) is 1. The molecule has 2 aromatic heterocycles. The maximum absolute atomic E-state index is 12.9. The van der Waals surface area contributed by atoms with Crippen LogP contribution >= 0.6 is 23.1 Å². The van der Waals surface area contributed by atoms with E-state index in [-0.39, 0.29) is 11.0 Å². The minimum atomic E-state index is -4.74. The molecular formula is C15H8ClF3N4OS. The monoisotopic (exact) mass is 384 g/mol. The van der Waals surface area contributed by atoms with Crippen molar-refractivity contribution in [3.05, 3.63) is 58.9 Å². The number of alkyl halides is 3. The zero-order valence-electron chi connectivity index (χ0n) is 12.2. The normalized spacial score (nSPS) is 11.4. The molecule has 0 aliphatic rings. The third kappa shape index (κ3) is 3.77. The Morgan fingerprint density at radius 1 is 1.16 bits per heavy atom. The summed E-state index contributed by atoms with van der Waals surface area (Å²) in [5.74, 6) is -0.699. The number of nitrogens with one attached hydrogen (secondary N) is 1. The summed E-state index contributed by atoms with van der Waals surface area (Å²) in [5, 5.41) is 2.78. The number of rotatable bonds is 3. The Morgan fingerprint density at radius 2 is 1.92 bits per heavy atom. The number of amides is 1. The van der Waals surface area contributed by atoms with E-state index in [1.54, 1.807) is 24.3 Å². The van der Waals surface area contributed by atoms with Crippen molar-refractivity contribution in [3.63, 3.8) is 0 Å². The lowest BCUT2D eigenvalue weighted by atomic mass is 10.2. The van der Waals surface area contributed by atoms with Crippen LogP contribution in [-0.2, 0) is 6.18 Å². The highest BCUT2D eigenvalue weighted by Crippen LogP contribution is 2.31. The van der Waals surface area contributed by atoms with E-state index in [1.165, 1.54) is 6.07 Å². The second-order valence-electron chi connectivity index (χ2n) is 4.75. The second kappa shape index (κ2) is 6.77. The van der Waals surface area contributed by atoms with Crippen LogP contribution in [0.4, 0.5) is 18.3 Å². The Balaban J connectivity index is 1.85. The van der Waals surface area contributed by atoms with Gasteiger partial charge in [-0.3, -0.25) is 15.1 Å². The van der Waals surface area contributed by atoms with Gasteiger partial charge >= 0.3 is 6.18 Å². The van der Waals surface area contributed by atoms with Crippen LogP contribution in [0.15, 0.2) is 42.6 Å². The van der Waals surface area contributed by atoms with E-state index in [0.29, 0.717) is 10.6 Å². The van der Waals surface area contributed by atoms with E-state index in [0.717, 1.165) is 23.8 Å². The SMILES string of the molecule is O=C(Nc1nc(-c2ccccc2Cl)ns1)c1cccnc1C(F)(F)F. The van der Waals surface area contributed by atoms with Gasteiger partial charge in [0.15, 0.2) is 11.5 Å². The minimum Gasteiger partial charge on any atom is -0.297 e. The van der Waals surface area contributed by atoms with Crippen LogP contribution < -0.4 is 5.32 Å². The molecule has 128 valence electrons. The first kappa shape index (κ1) is 17.3. The van der Waals surface area contributed by atoms with Gasteiger partial charge in [0.25, 0.3) is 5.91 Å². The van der Waals surface area contributed by atoms with E-state index in [4.69, 9.17) is 11.6 Å². The Kier molecular flexibility index (Phi) is 4.69. The molecule has 2 heterocycles. The summed E-state index contributed by atoms with van der Waals surface area (Å²) in [5.41, 5.74) is -1.30. The fourth-order valence-corrected chi connectivity index (χ4v) is 2.80. The zero-order chi connectivity index (χ0) is 18.0. The Bertz CT molecular complexity index is 929. The van der Waals surface area contributed by atoms with Crippen LogP contribution in [-0.4, -0.2) is 20.2 Å². The van der Waals surface area contributed by atoms with Crippen molar-refractivity contribution in [1.82, 2.24) is 14.3 Å². The molecule has 0 spiro atoms. The summed E-state index contributed by atoms with van der Waals surface area (Å²) in [7, 11) is 0. The lowest BCUT2D eigenvalue weighted by Gasteiger charge is -2.10. The molecule has 3 aromatic rings. The number of carbonyl (C=O) groups is 1. The van der Waals surface area contributed by atoms with E-state index >= 15 is 0 Å². The molecule has 1 N–H and O–H groups in total. The first-order valence-electron chi connectivity index (χ1n) is 6.78. The molecule has 0 aliphatic carbocycles. The smallest absolute Gasteiger partial charge is 0.297 e. The number of aromatic nitrogens is 3. The zero-order valence-corrected chi connectivity index (χ0v) is 13.8. The average Bonchev–Trinajstić information content (AvgIpc) is 3.02. The van der Waals surface area contributed by atoms with Gasteiger partial charge in [-0.05, 0) is 24.3 Å². The highest BCUT2D eigenvalue weighted by atomic mass is 35.5. The van der Waals surface area contributed by atoms with E-state index in [2.05, 4.69) is 19.7 Å². The van der Waals surface area contributed by atoms with Gasteiger partial charge in [0, 0.05) is 23.3 Å². The number of benzene rings is 1. The molecule has 0 saturated heterocycles. The fourth-order valence-electron chi connectivity index (χ4n) is 2.01. The molecular weight excluding hydrogens is 377 g/mol. The van der Waals surface area contributed by atoms with Crippen molar-refractivity contribution in [1.29, 1.82) is 0 Å². The fraction of sp³-hybridized carbons (Fsp3) is 0.0667. The van der Waals surface area contributed by atoms with Crippen LogP contribution in [0.2, 0.25) is 5.02 Å². The van der Waals surface area contributed by atoms with Gasteiger partial charge in [-0.15, -0.1) is 0 Å².